The first kappa shape index (κ1) is 29.7. The van der Waals surface area contributed by atoms with Crippen LogP contribution < -0.4 is 20.7 Å². The highest BCUT2D eigenvalue weighted by Gasteiger charge is 2.25. The average Bonchev–Trinajstić information content (AvgIpc) is 3.20. The van der Waals surface area contributed by atoms with Crippen LogP contribution in [-0.2, 0) is 22.4 Å². The van der Waals surface area contributed by atoms with Gasteiger partial charge >= 0.3 is 0 Å². The number of phenolic OH excluding ortho intramolecular Hbond substituents is 1. The lowest BCUT2D eigenvalue weighted by Gasteiger charge is -2.32. The monoisotopic (exact) mass is 558 g/mol. The van der Waals surface area contributed by atoms with Crippen LogP contribution in [0.15, 0.2) is 30.3 Å². The Balaban J connectivity index is 1.23. The Morgan fingerprint density at radius 1 is 0.975 bits per heavy atom. The maximum Gasteiger partial charge on any atom is 0.262 e. The van der Waals surface area contributed by atoms with Gasteiger partial charge in [0.25, 0.3) is 5.91 Å². The fourth-order valence-corrected chi connectivity index (χ4v) is 5.49. The molecule has 1 aliphatic carbocycles. The number of carbonyl (C=O) groups excluding carboxylic acids is 2. The Bertz CT molecular complexity index is 1130. The summed E-state index contributed by atoms with van der Waals surface area (Å²) in [5.74, 6) is -0.848. The fraction of sp³-hybridized carbons (Fsp3) is 0.533. The zero-order valence-electron chi connectivity index (χ0n) is 22.9. The van der Waals surface area contributed by atoms with Crippen LogP contribution >= 0.6 is 0 Å². The summed E-state index contributed by atoms with van der Waals surface area (Å²) in [6.07, 6.45) is 8.23. The van der Waals surface area contributed by atoms with Gasteiger partial charge in [0.05, 0.1) is 0 Å². The van der Waals surface area contributed by atoms with Crippen LogP contribution in [0.5, 0.6) is 11.5 Å². The van der Waals surface area contributed by atoms with E-state index in [9.17, 15) is 23.5 Å². The number of phenols is 1. The van der Waals surface area contributed by atoms with Crippen LogP contribution in [0.2, 0.25) is 0 Å². The van der Waals surface area contributed by atoms with Crippen molar-refractivity contribution >= 4 is 17.5 Å². The number of aromatic hydroxyl groups is 1. The molecule has 1 aliphatic heterocycles. The number of rotatable bonds is 13. The van der Waals surface area contributed by atoms with Crippen LogP contribution in [0, 0.1) is 11.6 Å². The smallest absolute Gasteiger partial charge is 0.262 e. The van der Waals surface area contributed by atoms with Crippen molar-refractivity contribution in [3.8, 4) is 11.5 Å². The van der Waals surface area contributed by atoms with Crippen molar-refractivity contribution in [1.82, 2.24) is 15.5 Å². The van der Waals surface area contributed by atoms with Crippen molar-refractivity contribution in [2.75, 3.05) is 44.6 Å². The maximum atomic E-state index is 13.4. The number of amides is 2. The van der Waals surface area contributed by atoms with Gasteiger partial charge in [-0.25, -0.2) is 8.78 Å². The first-order chi connectivity index (χ1) is 19.4. The van der Waals surface area contributed by atoms with Gasteiger partial charge in [-0.3, -0.25) is 9.59 Å². The Kier molecular flexibility index (Phi) is 11.1. The Morgan fingerprint density at radius 3 is 2.42 bits per heavy atom. The molecule has 4 N–H and O–H groups in total. The van der Waals surface area contributed by atoms with E-state index in [2.05, 4.69) is 16.0 Å². The number of hydrogen-bond donors (Lipinski definition) is 4. The third-order valence-electron chi connectivity index (χ3n) is 7.54. The highest BCUT2D eigenvalue weighted by Crippen LogP contribution is 2.39. The third-order valence-corrected chi connectivity index (χ3v) is 7.54. The first-order valence-electron chi connectivity index (χ1n) is 14.3. The lowest BCUT2D eigenvalue weighted by molar-refractivity contribution is -0.133. The summed E-state index contributed by atoms with van der Waals surface area (Å²) < 4.78 is 32.3. The quantitative estimate of drug-likeness (QED) is 0.169. The summed E-state index contributed by atoms with van der Waals surface area (Å²) in [5, 5.41) is 19.4. The van der Waals surface area contributed by atoms with E-state index in [4.69, 9.17) is 4.74 Å². The number of carbonyl (C=O) groups is 2. The number of halogens is 2. The minimum Gasteiger partial charge on any atom is -0.506 e. The fourth-order valence-electron chi connectivity index (χ4n) is 5.49. The van der Waals surface area contributed by atoms with Gasteiger partial charge in [0.1, 0.15) is 23.1 Å². The zero-order valence-corrected chi connectivity index (χ0v) is 22.9. The molecule has 1 saturated carbocycles. The van der Waals surface area contributed by atoms with E-state index in [1.807, 2.05) is 4.90 Å². The molecule has 0 radical (unpaired) electrons. The van der Waals surface area contributed by atoms with Gasteiger partial charge in [0, 0.05) is 38.2 Å². The molecule has 2 aromatic rings. The molecular weight excluding hydrogens is 518 g/mol. The largest absolute Gasteiger partial charge is 0.506 e. The van der Waals surface area contributed by atoms with Crippen molar-refractivity contribution < 1.29 is 28.2 Å². The lowest BCUT2D eigenvalue weighted by atomic mass is 10.1. The highest BCUT2D eigenvalue weighted by molar-refractivity contribution is 5.97. The first-order valence-corrected chi connectivity index (χ1v) is 14.3. The van der Waals surface area contributed by atoms with Crippen molar-refractivity contribution in [2.24, 2.45) is 0 Å². The maximum absolute atomic E-state index is 13.4. The average molecular weight is 559 g/mol. The molecule has 0 spiro atoms. The number of fused-ring (bicyclic) bond motifs is 1. The van der Waals surface area contributed by atoms with E-state index in [0.29, 0.717) is 69.0 Å². The van der Waals surface area contributed by atoms with Gasteiger partial charge in [-0.15, -0.1) is 0 Å². The number of hydrogen-bond acceptors (Lipinski definition) is 6. The molecule has 0 aromatic heterocycles. The second-order valence-corrected chi connectivity index (χ2v) is 10.5. The minimum atomic E-state index is -0.581. The summed E-state index contributed by atoms with van der Waals surface area (Å²) in [7, 11) is 0. The van der Waals surface area contributed by atoms with E-state index in [1.165, 1.54) is 25.0 Å². The van der Waals surface area contributed by atoms with Crippen molar-refractivity contribution in [3.63, 3.8) is 0 Å². The highest BCUT2D eigenvalue weighted by atomic mass is 19.1. The molecular formula is C30H40F2N4O4. The molecule has 1 heterocycles. The van der Waals surface area contributed by atoms with E-state index in [1.54, 1.807) is 12.1 Å². The summed E-state index contributed by atoms with van der Waals surface area (Å²) >= 11 is 0. The number of benzene rings is 2. The Morgan fingerprint density at radius 2 is 1.68 bits per heavy atom. The van der Waals surface area contributed by atoms with Crippen molar-refractivity contribution in [2.45, 2.75) is 63.8 Å². The van der Waals surface area contributed by atoms with Gasteiger partial charge < -0.3 is 30.7 Å². The number of nitrogens with one attached hydrogen (secondary N) is 3. The minimum absolute atomic E-state index is 0.0188. The Labute approximate surface area is 234 Å². The molecule has 8 nitrogen and oxygen atoms in total. The molecule has 2 amide bonds. The van der Waals surface area contributed by atoms with E-state index < -0.39 is 11.6 Å². The Hall–Kier alpha value is -3.24. The molecule has 2 aliphatic rings. The molecule has 0 saturated heterocycles. The molecule has 0 unspecified atom stereocenters. The molecule has 2 aromatic carbocycles. The molecule has 0 atom stereocenters. The topological polar surface area (TPSA) is 103 Å². The van der Waals surface area contributed by atoms with Crippen LogP contribution in [0.25, 0.3) is 0 Å². The van der Waals surface area contributed by atoms with Crippen LogP contribution in [-0.4, -0.2) is 67.2 Å². The molecule has 10 heteroatoms. The lowest BCUT2D eigenvalue weighted by Crippen LogP contribution is -2.45. The van der Waals surface area contributed by atoms with Crippen LogP contribution in [0.1, 0.15) is 56.1 Å². The SMILES string of the molecule is O=C1COc2c(CCNCCN(C(=O)CCNCCc3cc(F)cc(F)c3)C3CCCCCC3)ccc(O)c2N1. The number of anilines is 1. The summed E-state index contributed by atoms with van der Waals surface area (Å²) in [4.78, 5) is 26.9. The van der Waals surface area contributed by atoms with E-state index >= 15 is 0 Å². The van der Waals surface area contributed by atoms with Gasteiger partial charge in [-0.2, -0.15) is 0 Å². The third kappa shape index (κ3) is 8.63. The standard InChI is InChI=1S/C30H40F2N4O4/c31-23-17-21(18-24(32)19-23)9-12-33-14-11-28(39)36(25-5-3-1-2-4-6-25)16-15-34-13-10-22-7-8-26(37)29-30(22)40-20-27(38)35-29/h7-8,17-19,25,33-34,37H,1-6,9-16,20H2,(H,35,38). The van der Waals surface area contributed by atoms with Gasteiger partial charge in [0.2, 0.25) is 5.91 Å². The predicted molar refractivity (Wildman–Crippen MR) is 150 cm³/mol. The predicted octanol–water partition coefficient (Wildman–Crippen LogP) is 3.91. The summed E-state index contributed by atoms with van der Waals surface area (Å²) in [6, 6.07) is 7.12. The molecule has 0 bridgehead atoms. The van der Waals surface area contributed by atoms with Gasteiger partial charge in [0.15, 0.2) is 12.4 Å². The van der Waals surface area contributed by atoms with Crippen LogP contribution in [0.3, 0.4) is 0 Å². The second kappa shape index (κ2) is 14.9. The van der Waals surface area contributed by atoms with Crippen LogP contribution in [0.4, 0.5) is 14.5 Å². The van der Waals surface area contributed by atoms with Crippen molar-refractivity contribution in [1.29, 1.82) is 0 Å². The van der Waals surface area contributed by atoms with Crippen molar-refractivity contribution in [3.05, 3.63) is 53.1 Å². The molecule has 4 rings (SSSR count). The van der Waals surface area contributed by atoms with Gasteiger partial charge in [-0.05, 0) is 68.1 Å². The number of nitrogens with zero attached hydrogens (tertiary/aromatic N) is 1. The molecule has 40 heavy (non-hydrogen) atoms. The van der Waals surface area contributed by atoms with Gasteiger partial charge in [-0.1, -0.05) is 31.7 Å². The number of ether oxygens (including phenoxy) is 1. The van der Waals surface area contributed by atoms with E-state index in [0.717, 1.165) is 37.3 Å². The second-order valence-electron chi connectivity index (χ2n) is 10.5. The normalized spacial score (nSPS) is 15.6. The summed E-state index contributed by atoms with van der Waals surface area (Å²) in [6.45, 7) is 2.90. The molecule has 1 fully saturated rings. The van der Waals surface area contributed by atoms with E-state index in [-0.39, 0.29) is 30.2 Å². The summed E-state index contributed by atoms with van der Waals surface area (Å²) in [5.41, 5.74) is 1.80. The zero-order chi connectivity index (χ0) is 28.3. The molecule has 218 valence electrons.